The molecule has 0 saturated carbocycles. The number of nitriles is 1. The Balaban J connectivity index is 1.85. The fourth-order valence-electron chi connectivity index (χ4n) is 3.88. The summed E-state index contributed by atoms with van der Waals surface area (Å²) in [7, 11) is 0. The Morgan fingerprint density at radius 3 is 2.65 bits per heavy atom. The Hall–Kier alpha value is -3.71. The van der Waals surface area contributed by atoms with E-state index >= 15 is 0 Å². The highest BCUT2D eigenvalue weighted by Crippen LogP contribution is 2.27. The van der Waals surface area contributed by atoms with Crippen LogP contribution in [-0.4, -0.2) is 45.6 Å². The molecule has 0 saturated heterocycles. The molecule has 2 heterocycles. The Morgan fingerprint density at radius 2 is 2.00 bits per heavy atom. The van der Waals surface area contributed by atoms with Crippen LogP contribution in [0, 0.1) is 23.1 Å². The largest absolute Gasteiger partial charge is 0.460 e. The number of nitrogens with zero attached hydrogens (tertiary/aromatic N) is 4. The maximum atomic E-state index is 15.0. The van der Waals surface area contributed by atoms with E-state index in [4.69, 9.17) is 9.47 Å². The van der Waals surface area contributed by atoms with E-state index in [0.717, 1.165) is 23.5 Å². The lowest BCUT2D eigenvalue weighted by atomic mass is 9.98. The molecular weight excluding hydrogens is 475 g/mol. The van der Waals surface area contributed by atoms with Gasteiger partial charge in [-0.2, -0.15) is 10.4 Å². The number of hydrogen-bond acceptors (Lipinski definition) is 8. The minimum absolute atomic E-state index is 0.0397. The lowest BCUT2D eigenvalue weighted by Crippen LogP contribution is -2.35. The number of rotatable bonds is 11. The minimum atomic E-state index is -0.673. The topological polar surface area (TPSA) is 114 Å². The standard InChI is InChI=1S/C27H35FN6O3/c1-7-34-23-10-9-20(12-19(23)15-30-34)31-25-18(14-29)13-21(28)26(33-25)32-22(16-36-8-2)17(3)11-24(35)37-27(4,5)6/h9-10,12-13,15,17,22H,7-8,11,16H2,1-6H3,(H2,31,32,33)/t17-,22-/m1/s1. The smallest absolute Gasteiger partial charge is 0.306 e. The maximum absolute atomic E-state index is 15.0. The summed E-state index contributed by atoms with van der Waals surface area (Å²) in [6.45, 7) is 12.6. The first-order valence-electron chi connectivity index (χ1n) is 12.4. The number of carbonyl (C=O) groups excluding carboxylic acids is 1. The van der Waals surface area contributed by atoms with Crippen LogP contribution in [-0.2, 0) is 20.8 Å². The molecule has 2 atom stereocenters. The van der Waals surface area contributed by atoms with Crippen molar-refractivity contribution in [2.45, 2.75) is 66.2 Å². The molecule has 0 fully saturated rings. The van der Waals surface area contributed by atoms with E-state index in [1.807, 2.05) is 70.5 Å². The predicted octanol–water partition coefficient (Wildman–Crippen LogP) is 5.39. The van der Waals surface area contributed by atoms with E-state index in [2.05, 4.69) is 20.7 Å². The highest BCUT2D eigenvalue weighted by Gasteiger charge is 2.26. The second kappa shape index (κ2) is 12.0. The zero-order valence-corrected chi connectivity index (χ0v) is 22.3. The molecule has 37 heavy (non-hydrogen) atoms. The van der Waals surface area contributed by atoms with E-state index in [-0.39, 0.29) is 42.1 Å². The van der Waals surface area contributed by atoms with E-state index in [1.54, 1.807) is 6.20 Å². The first-order chi connectivity index (χ1) is 17.5. The number of esters is 1. The lowest BCUT2D eigenvalue weighted by molar-refractivity contribution is -0.156. The number of pyridine rings is 1. The van der Waals surface area contributed by atoms with Crippen LogP contribution in [0.4, 0.5) is 21.7 Å². The van der Waals surface area contributed by atoms with E-state index in [9.17, 15) is 14.4 Å². The number of hydrogen-bond donors (Lipinski definition) is 2. The minimum Gasteiger partial charge on any atom is -0.460 e. The number of fused-ring (bicyclic) bond motifs is 1. The molecule has 0 spiro atoms. The Labute approximate surface area is 217 Å². The highest BCUT2D eigenvalue weighted by molar-refractivity contribution is 5.83. The molecular formula is C27H35FN6O3. The molecule has 0 unspecified atom stereocenters. The Kier molecular flexibility index (Phi) is 9.05. The van der Waals surface area contributed by atoms with Crippen molar-refractivity contribution in [3.8, 4) is 6.07 Å². The fourth-order valence-corrected chi connectivity index (χ4v) is 3.88. The quantitative estimate of drug-likeness (QED) is 0.330. The van der Waals surface area contributed by atoms with Crippen molar-refractivity contribution in [2.75, 3.05) is 23.8 Å². The number of halogens is 1. The van der Waals surface area contributed by atoms with Gasteiger partial charge in [0.25, 0.3) is 0 Å². The molecule has 2 N–H and O–H groups in total. The van der Waals surface area contributed by atoms with Gasteiger partial charge in [-0.25, -0.2) is 9.37 Å². The van der Waals surface area contributed by atoms with Crippen LogP contribution in [0.2, 0.25) is 0 Å². The first-order valence-corrected chi connectivity index (χ1v) is 12.4. The van der Waals surface area contributed by atoms with Crippen molar-refractivity contribution in [2.24, 2.45) is 5.92 Å². The SMILES string of the molecule is CCOC[C@@H](Nc1nc(Nc2ccc3c(cnn3CC)c2)c(C#N)cc1F)[C@H](C)CC(=O)OC(C)(C)C. The highest BCUT2D eigenvalue weighted by atomic mass is 19.1. The average molecular weight is 511 g/mol. The van der Waals surface area contributed by atoms with E-state index in [0.29, 0.717) is 12.3 Å². The second-order valence-electron chi connectivity index (χ2n) is 9.86. The third-order valence-electron chi connectivity index (χ3n) is 5.72. The van der Waals surface area contributed by atoms with Crippen LogP contribution in [0.1, 0.15) is 53.5 Å². The molecule has 10 heteroatoms. The van der Waals surface area contributed by atoms with Crippen molar-refractivity contribution in [1.29, 1.82) is 5.26 Å². The molecule has 0 bridgehead atoms. The molecule has 198 valence electrons. The van der Waals surface area contributed by atoms with Crippen molar-refractivity contribution >= 4 is 34.2 Å². The third-order valence-corrected chi connectivity index (χ3v) is 5.72. The van der Waals surface area contributed by atoms with Crippen molar-refractivity contribution in [3.63, 3.8) is 0 Å². The summed E-state index contributed by atoms with van der Waals surface area (Å²) in [5.74, 6) is -1.09. The van der Waals surface area contributed by atoms with Gasteiger partial charge in [0.1, 0.15) is 11.7 Å². The molecule has 1 aromatic carbocycles. The fraction of sp³-hybridized carbons (Fsp3) is 0.481. The number of aromatic nitrogens is 3. The molecule has 0 aliphatic heterocycles. The molecule has 9 nitrogen and oxygen atoms in total. The van der Waals surface area contributed by atoms with Crippen molar-refractivity contribution in [1.82, 2.24) is 14.8 Å². The van der Waals surface area contributed by atoms with Gasteiger partial charge in [-0.05, 0) is 64.8 Å². The molecule has 2 aromatic heterocycles. The van der Waals surface area contributed by atoms with Gasteiger partial charge >= 0.3 is 5.97 Å². The third kappa shape index (κ3) is 7.40. The number of anilines is 3. The van der Waals surface area contributed by atoms with Crippen molar-refractivity contribution < 1.29 is 18.7 Å². The first kappa shape index (κ1) is 27.9. The van der Waals surface area contributed by atoms with Crippen LogP contribution in [0.5, 0.6) is 0 Å². The summed E-state index contributed by atoms with van der Waals surface area (Å²) in [6, 6.07) is 8.40. The van der Waals surface area contributed by atoms with Gasteiger partial charge in [0.05, 0.1) is 36.3 Å². The van der Waals surface area contributed by atoms with Crippen LogP contribution in [0.15, 0.2) is 30.5 Å². The van der Waals surface area contributed by atoms with Crippen LogP contribution in [0.25, 0.3) is 10.9 Å². The lowest BCUT2D eigenvalue weighted by Gasteiger charge is -2.27. The summed E-state index contributed by atoms with van der Waals surface area (Å²) in [5.41, 5.74) is 1.14. The summed E-state index contributed by atoms with van der Waals surface area (Å²) >= 11 is 0. The second-order valence-corrected chi connectivity index (χ2v) is 9.86. The average Bonchev–Trinajstić information content (AvgIpc) is 3.24. The van der Waals surface area contributed by atoms with Crippen molar-refractivity contribution in [3.05, 3.63) is 41.8 Å². The number of nitrogens with one attached hydrogen (secondary N) is 2. The maximum Gasteiger partial charge on any atom is 0.306 e. The number of carbonyl (C=O) groups is 1. The zero-order valence-electron chi connectivity index (χ0n) is 22.3. The van der Waals surface area contributed by atoms with Gasteiger partial charge < -0.3 is 20.1 Å². The van der Waals surface area contributed by atoms with Gasteiger partial charge in [0.15, 0.2) is 17.5 Å². The summed E-state index contributed by atoms with van der Waals surface area (Å²) in [4.78, 5) is 16.8. The summed E-state index contributed by atoms with van der Waals surface area (Å²) < 4.78 is 27.9. The normalized spacial score (nSPS) is 13.1. The van der Waals surface area contributed by atoms with Gasteiger partial charge in [0.2, 0.25) is 0 Å². The molecule has 0 aliphatic rings. The number of ether oxygens (including phenoxy) is 2. The van der Waals surface area contributed by atoms with E-state index < -0.39 is 17.5 Å². The molecule has 0 radical (unpaired) electrons. The van der Waals surface area contributed by atoms with Gasteiger partial charge in [-0.1, -0.05) is 6.92 Å². The van der Waals surface area contributed by atoms with Crippen LogP contribution in [0.3, 0.4) is 0 Å². The van der Waals surface area contributed by atoms with Gasteiger partial charge in [-0.3, -0.25) is 9.48 Å². The number of aryl methyl sites for hydroxylation is 1. The number of benzene rings is 1. The molecule has 3 aromatic rings. The predicted molar refractivity (Wildman–Crippen MR) is 141 cm³/mol. The van der Waals surface area contributed by atoms with E-state index in [1.165, 1.54) is 0 Å². The Bertz CT molecular complexity index is 1280. The zero-order chi connectivity index (χ0) is 27.2. The summed E-state index contributed by atoms with van der Waals surface area (Å²) in [5, 5.41) is 21.1. The Morgan fingerprint density at radius 1 is 1.24 bits per heavy atom. The molecule has 0 aliphatic carbocycles. The van der Waals surface area contributed by atoms with Crippen LogP contribution >= 0.6 is 0 Å². The van der Waals surface area contributed by atoms with Gasteiger partial charge in [-0.15, -0.1) is 0 Å². The molecule has 3 rings (SSSR count). The van der Waals surface area contributed by atoms with Gasteiger partial charge in [0, 0.05) is 24.2 Å². The van der Waals surface area contributed by atoms with Crippen LogP contribution < -0.4 is 10.6 Å². The summed E-state index contributed by atoms with van der Waals surface area (Å²) in [6.07, 6.45) is 1.89. The monoisotopic (exact) mass is 510 g/mol. The molecule has 0 amide bonds.